The number of likely N-dealkylation sites (tertiary alicyclic amines) is 1. The molecule has 1 aliphatic heterocycles. The molecule has 2 rings (SSSR count). The lowest BCUT2D eigenvalue weighted by Crippen LogP contribution is -2.43. The minimum atomic E-state index is -0.422. The molecule has 1 aromatic heterocycles. The van der Waals surface area contributed by atoms with Crippen LogP contribution in [0.25, 0.3) is 0 Å². The van der Waals surface area contributed by atoms with Crippen LogP contribution < -0.4 is 5.32 Å². The third-order valence-corrected chi connectivity index (χ3v) is 3.87. The first kappa shape index (κ1) is 17.7. The molecule has 1 aromatic rings. The van der Waals surface area contributed by atoms with Gasteiger partial charge in [-0.1, -0.05) is 0 Å². The number of rotatable bonds is 5. The number of aromatic nitrogens is 3. The summed E-state index contributed by atoms with van der Waals surface area (Å²) >= 11 is 0. The highest BCUT2D eigenvalue weighted by Gasteiger charge is 2.26. The average Bonchev–Trinajstić information content (AvgIpc) is 2.88. The summed E-state index contributed by atoms with van der Waals surface area (Å²) in [6, 6.07) is 0. The summed E-state index contributed by atoms with van der Waals surface area (Å²) in [5.41, 5.74) is -0.422. The zero-order valence-corrected chi connectivity index (χ0v) is 14.7. The maximum absolute atomic E-state index is 12.0. The van der Waals surface area contributed by atoms with Gasteiger partial charge in [-0.3, -0.25) is 4.68 Å². The van der Waals surface area contributed by atoms with Gasteiger partial charge in [-0.2, -0.15) is 5.10 Å². The lowest BCUT2D eigenvalue weighted by Gasteiger charge is -2.33. The number of aryl methyl sites for hydroxylation is 1. The van der Waals surface area contributed by atoms with Gasteiger partial charge in [0.15, 0.2) is 5.82 Å². The molecule has 1 amide bonds. The molecule has 0 radical (unpaired) electrons. The summed E-state index contributed by atoms with van der Waals surface area (Å²) in [5, 5.41) is 7.73. The molecule has 1 N–H and O–H groups in total. The summed E-state index contributed by atoms with van der Waals surface area (Å²) < 4.78 is 7.14. The van der Waals surface area contributed by atoms with Crippen LogP contribution in [0.15, 0.2) is 6.33 Å². The van der Waals surface area contributed by atoms with Gasteiger partial charge in [-0.15, -0.1) is 0 Å². The van der Waals surface area contributed by atoms with Crippen LogP contribution in [0.1, 0.15) is 39.4 Å². The number of carbonyl (C=O) groups excluding carboxylic acids is 1. The van der Waals surface area contributed by atoms with Crippen molar-refractivity contribution in [2.75, 3.05) is 26.2 Å². The quantitative estimate of drug-likeness (QED) is 0.833. The van der Waals surface area contributed by atoms with Crippen LogP contribution in [0.3, 0.4) is 0 Å². The molecular formula is C16H29N5O2. The van der Waals surface area contributed by atoms with E-state index in [1.54, 1.807) is 11.0 Å². The van der Waals surface area contributed by atoms with Gasteiger partial charge in [0, 0.05) is 33.1 Å². The molecule has 23 heavy (non-hydrogen) atoms. The molecule has 0 aliphatic carbocycles. The van der Waals surface area contributed by atoms with E-state index in [4.69, 9.17) is 4.74 Å². The first-order valence-corrected chi connectivity index (χ1v) is 8.36. The molecule has 7 heteroatoms. The van der Waals surface area contributed by atoms with Crippen molar-refractivity contribution in [3.8, 4) is 0 Å². The number of carbonyl (C=O) groups is 1. The second-order valence-corrected chi connectivity index (χ2v) is 7.20. The Morgan fingerprint density at radius 3 is 2.65 bits per heavy atom. The van der Waals surface area contributed by atoms with Crippen molar-refractivity contribution in [2.24, 2.45) is 13.0 Å². The van der Waals surface area contributed by atoms with E-state index in [2.05, 4.69) is 15.4 Å². The van der Waals surface area contributed by atoms with Crippen molar-refractivity contribution in [3.05, 3.63) is 12.2 Å². The third kappa shape index (κ3) is 6.17. The zero-order valence-electron chi connectivity index (χ0n) is 14.7. The maximum Gasteiger partial charge on any atom is 0.410 e. The summed E-state index contributed by atoms with van der Waals surface area (Å²) in [7, 11) is 1.88. The lowest BCUT2D eigenvalue weighted by molar-refractivity contribution is 0.0184. The molecule has 0 unspecified atom stereocenters. The van der Waals surface area contributed by atoms with Gasteiger partial charge in [0.2, 0.25) is 0 Å². The second kappa shape index (κ2) is 7.77. The average molecular weight is 323 g/mol. The summed E-state index contributed by atoms with van der Waals surface area (Å²) in [5.74, 6) is 1.49. The monoisotopic (exact) mass is 323 g/mol. The van der Waals surface area contributed by atoms with Gasteiger partial charge in [-0.05, 0) is 46.1 Å². The standard InChI is InChI=1S/C16H29N5O2/c1-16(2,3)23-15(22)21-9-6-13(7-10-21)11-17-8-5-14-18-12-20(4)19-14/h12-13,17H,5-11H2,1-4H3. The summed E-state index contributed by atoms with van der Waals surface area (Å²) in [6.07, 6.45) is 4.42. The predicted octanol–water partition coefficient (Wildman–Crippen LogP) is 1.59. The second-order valence-electron chi connectivity index (χ2n) is 7.20. The van der Waals surface area contributed by atoms with Gasteiger partial charge in [-0.25, -0.2) is 9.78 Å². The highest BCUT2D eigenvalue weighted by molar-refractivity contribution is 5.68. The van der Waals surface area contributed by atoms with Crippen LogP contribution in [0, 0.1) is 5.92 Å². The van der Waals surface area contributed by atoms with Crippen LogP contribution >= 0.6 is 0 Å². The van der Waals surface area contributed by atoms with Crippen molar-refractivity contribution >= 4 is 6.09 Å². The zero-order chi connectivity index (χ0) is 16.9. The number of hydrogen-bond acceptors (Lipinski definition) is 5. The van der Waals surface area contributed by atoms with Gasteiger partial charge in [0.25, 0.3) is 0 Å². The molecule has 0 saturated carbocycles. The van der Waals surface area contributed by atoms with Crippen LogP contribution in [-0.4, -0.2) is 57.5 Å². The minimum Gasteiger partial charge on any atom is -0.444 e. The Morgan fingerprint density at radius 1 is 1.39 bits per heavy atom. The highest BCUT2D eigenvalue weighted by atomic mass is 16.6. The lowest BCUT2D eigenvalue weighted by atomic mass is 9.97. The van der Waals surface area contributed by atoms with Crippen molar-refractivity contribution in [1.29, 1.82) is 0 Å². The molecule has 0 aromatic carbocycles. The molecule has 130 valence electrons. The van der Waals surface area contributed by atoms with E-state index in [-0.39, 0.29) is 6.09 Å². The van der Waals surface area contributed by atoms with E-state index < -0.39 is 5.60 Å². The Labute approximate surface area is 138 Å². The molecule has 7 nitrogen and oxygen atoms in total. The number of nitrogens with zero attached hydrogens (tertiary/aromatic N) is 4. The molecule has 0 atom stereocenters. The van der Waals surface area contributed by atoms with E-state index >= 15 is 0 Å². The largest absolute Gasteiger partial charge is 0.444 e. The van der Waals surface area contributed by atoms with Crippen LogP contribution in [0.5, 0.6) is 0 Å². The summed E-state index contributed by atoms with van der Waals surface area (Å²) in [4.78, 5) is 18.0. The van der Waals surface area contributed by atoms with Crippen LogP contribution in [0.4, 0.5) is 4.79 Å². The molecule has 1 fully saturated rings. The van der Waals surface area contributed by atoms with Crippen molar-refractivity contribution in [2.45, 2.75) is 45.6 Å². The van der Waals surface area contributed by atoms with Gasteiger partial charge < -0.3 is 15.0 Å². The van der Waals surface area contributed by atoms with Crippen molar-refractivity contribution in [1.82, 2.24) is 25.0 Å². The fraction of sp³-hybridized carbons (Fsp3) is 0.812. The van der Waals surface area contributed by atoms with E-state index in [0.29, 0.717) is 5.92 Å². The predicted molar refractivity (Wildman–Crippen MR) is 88.1 cm³/mol. The van der Waals surface area contributed by atoms with Crippen molar-refractivity contribution in [3.63, 3.8) is 0 Å². The van der Waals surface area contributed by atoms with Gasteiger partial charge in [0.05, 0.1) is 0 Å². The smallest absolute Gasteiger partial charge is 0.410 e. The molecule has 0 bridgehead atoms. The number of hydrogen-bond donors (Lipinski definition) is 1. The minimum absolute atomic E-state index is 0.190. The number of amides is 1. The number of piperidine rings is 1. The third-order valence-electron chi connectivity index (χ3n) is 3.87. The van der Waals surface area contributed by atoms with Crippen LogP contribution in [-0.2, 0) is 18.2 Å². The van der Waals surface area contributed by atoms with E-state index in [0.717, 1.165) is 51.3 Å². The van der Waals surface area contributed by atoms with Gasteiger partial charge >= 0.3 is 6.09 Å². The van der Waals surface area contributed by atoms with E-state index in [1.165, 1.54) is 0 Å². The first-order chi connectivity index (χ1) is 10.8. The number of nitrogens with one attached hydrogen (secondary N) is 1. The molecule has 2 heterocycles. The topological polar surface area (TPSA) is 72.3 Å². The van der Waals surface area contributed by atoms with E-state index in [1.807, 2.05) is 32.7 Å². The molecule has 1 saturated heterocycles. The molecule has 1 aliphatic rings. The maximum atomic E-state index is 12.0. The Bertz CT molecular complexity index is 501. The number of ether oxygens (including phenoxy) is 1. The Hall–Kier alpha value is -1.63. The fourth-order valence-corrected chi connectivity index (χ4v) is 2.65. The Balaban J connectivity index is 1.60. The molecule has 0 spiro atoms. The summed E-state index contributed by atoms with van der Waals surface area (Å²) in [6.45, 7) is 9.13. The first-order valence-electron chi connectivity index (χ1n) is 8.36. The normalized spacial score (nSPS) is 16.6. The molecular weight excluding hydrogens is 294 g/mol. The highest BCUT2D eigenvalue weighted by Crippen LogP contribution is 2.19. The van der Waals surface area contributed by atoms with Crippen molar-refractivity contribution < 1.29 is 9.53 Å². The SMILES string of the molecule is Cn1cnc(CCNCC2CCN(C(=O)OC(C)(C)C)CC2)n1. The van der Waals surface area contributed by atoms with Gasteiger partial charge in [0.1, 0.15) is 11.9 Å². The van der Waals surface area contributed by atoms with Crippen LogP contribution in [0.2, 0.25) is 0 Å². The fourth-order valence-electron chi connectivity index (χ4n) is 2.65. The Morgan fingerprint density at radius 2 is 2.09 bits per heavy atom. The Kier molecular flexibility index (Phi) is 5.98. The van der Waals surface area contributed by atoms with E-state index in [9.17, 15) is 4.79 Å².